The topological polar surface area (TPSA) is 66.9 Å². The van der Waals surface area contributed by atoms with Crippen LogP contribution in [-0.2, 0) is 6.54 Å². The van der Waals surface area contributed by atoms with Gasteiger partial charge in [0, 0.05) is 19.3 Å². The number of aromatic amines is 1. The van der Waals surface area contributed by atoms with Crippen molar-refractivity contribution >= 4 is 15.9 Å². The van der Waals surface area contributed by atoms with Gasteiger partial charge < -0.3 is 5.32 Å². The zero-order valence-electron chi connectivity index (χ0n) is 8.47. The van der Waals surface area contributed by atoms with E-state index >= 15 is 0 Å². The standard InChI is InChI=1S/C8H9BrF3N3O2/c9-5-3-15(7(17)14-6(5)16)2-1-13-4-8(10,11)12/h3,13H,1-2,4H2,(H,14,16,17). The zero-order chi connectivity index (χ0) is 13.1. The molecule has 0 unspecified atom stereocenters. The molecular weight excluding hydrogens is 307 g/mol. The van der Waals surface area contributed by atoms with Crippen molar-refractivity contribution in [1.82, 2.24) is 14.9 Å². The summed E-state index contributed by atoms with van der Waals surface area (Å²) in [4.78, 5) is 24.2. The van der Waals surface area contributed by atoms with E-state index in [0.29, 0.717) is 0 Å². The third kappa shape index (κ3) is 4.73. The van der Waals surface area contributed by atoms with Gasteiger partial charge in [0.1, 0.15) is 0 Å². The third-order valence-electron chi connectivity index (χ3n) is 1.82. The first-order valence-electron chi connectivity index (χ1n) is 4.56. The van der Waals surface area contributed by atoms with Gasteiger partial charge in [0.05, 0.1) is 11.0 Å². The molecule has 0 aliphatic heterocycles. The van der Waals surface area contributed by atoms with E-state index in [1.807, 2.05) is 4.98 Å². The van der Waals surface area contributed by atoms with Gasteiger partial charge in [0.15, 0.2) is 0 Å². The molecule has 2 N–H and O–H groups in total. The van der Waals surface area contributed by atoms with Gasteiger partial charge in [-0.1, -0.05) is 0 Å². The summed E-state index contributed by atoms with van der Waals surface area (Å²) in [5.41, 5.74) is -1.23. The average molecular weight is 316 g/mol. The van der Waals surface area contributed by atoms with E-state index in [9.17, 15) is 22.8 Å². The summed E-state index contributed by atoms with van der Waals surface area (Å²) in [6.07, 6.45) is -3.05. The number of nitrogens with zero attached hydrogens (tertiary/aromatic N) is 1. The van der Waals surface area contributed by atoms with Crippen LogP contribution >= 0.6 is 15.9 Å². The molecule has 0 aliphatic rings. The SMILES string of the molecule is O=c1[nH]c(=O)n(CCNCC(F)(F)F)cc1Br. The second-order valence-corrected chi connectivity index (χ2v) is 4.08. The van der Waals surface area contributed by atoms with Crippen LogP contribution in [-0.4, -0.2) is 28.8 Å². The fourth-order valence-electron chi connectivity index (χ4n) is 1.08. The van der Waals surface area contributed by atoms with E-state index < -0.39 is 24.0 Å². The number of halogens is 4. The first kappa shape index (κ1) is 14.0. The number of H-pyrrole nitrogens is 1. The van der Waals surface area contributed by atoms with Gasteiger partial charge in [-0.2, -0.15) is 13.2 Å². The fraction of sp³-hybridized carbons (Fsp3) is 0.500. The van der Waals surface area contributed by atoms with Gasteiger partial charge in [0.2, 0.25) is 0 Å². The van der Waals surface area contributed by atoms with Gasteiger partial charge in [-0.15, -0.1) is 0 Å². The Labute approximate surface area is 102 Å². The highest BCUT2D eigenvalue weighted by atomic mass is 79.9. The van der Waals surface area contributed by atoms with Gasteiger partial charge in [0.25, 0.3) is 5.56 Å². The minimum atomic E-state index is -4.28. The molecular formula is C8H9BrF3N3O2. The number of alkyl halides is 3. The molecule has 0 saturated carbocycles. The summed E-state index contributed by atoms with van der Waals surface area (Å²) in [5.74, 6) is 0. The van der Waals surface area contributed by atoms with Gasteiger partial charge >= 0.3 is 11.9 Å². The Hall–Kier alpha value is -1.09. The second-order valence-electron chi connectivity index (χ2n) is 3.22. The maximum atomic E-state index is 11.8. The average Bonchev–Trinajstić information content (AvgIpc) is 2.18. The van der Waals surface area contributed by atoms with Crippen LogP contribution in [0.4, 0.5) is 13.2 Å². The van der Waals surface area contributed by atoms with E-state index in [1.165, 1.54) is 6.20 Å². The Morgan fingerprint density at radius 3 is 2.65 bits per heavy atom. The minimum absolute atomic E-state index is 0.0299. The summed E-state index contributed by atoms with van der Waals surface area (Å²) < 4.78 is 36.6. The largest absolute Gasteiger partial charge is 0.401 e. The number of hydrogen-bond acceptors (Lipinski definition) is 3. The predicted octanol–water partition coefficient (Wildman–Crippen LogP) is 0.451. The highest BCUT2D eigenvalue weighted by Gasteiger charge is 2.25. The van der Waals surface area contributed by atoms with E-state index in [-0.39, 0.29) is 17.6 Å². The molecule has 0 bridgehead atoms. The molecule has 9 heteroatoms. The Kier molecular flexibility index (Phi) is 4.52. The maximum Gasteiger partial charge on any atom is 0.401 e. The Balaban J connectivity index is 2.56. The van der Waals surface area contributed by atoms with Crippen molar-refractivity contribution in [2.24, 2.45) is 0 Å². The quantitative estimate of drug-likeness (QED) is 0.793. The van der Waals surface area contributed by atoms with Crippen LogP contribution in [0.25, 0.3) is 0 Å². The van der Waals surface area contributed by atoms with Crippen molar-refractivity contribution in [2.75, 3.05) is 13.1 Å². The van der Waals surface area contributed by atoms with E-state index in [2.05, 4.69) is 21.2 Å². The predicted molar refractivity (Wildman–Crippen MR) is 57.9 cm³/mol. The molecule has 1 aromatic heterocycles. The van der Waals surface area contributed by atoms with Crippen LogP contribution in [0.1, 0.15) is 0 Å². The molecule has 0 atom stereocenters. The van der Waals surface area contributed by atoms with Crippen LogP contribution in [0.15, 0.2) is 20.3 Å². The molecule has 1 aromatic rings. The van der Waals surface area contributed by atoms with Crippen molar-refractivity contribution in [2.45, 2.75) is 12.7 Å². The normalized spacial score (nSPS) is 11.8. The molecule has 1 heterocycles. The van der Waals surface area contributed by atoms with Gasteiger partial charge in [-0.25, -0.2) is 4.79 Å². The van der Waals surface area contributed by atoms with Crippen LogP contribution in [0.3, 0.4) is 0 Å². The van der Waals surface area contributed by atoms with Crippen molar-refractivity contribution < 1.29 is 13.2 Å². The molecule has 1 rings (SSSR count). The Morgan fingerprint density at radius 2 is 2.06 bits per heavy atom. The van der Waals surface area contributed by atoms with Crippen molar-refractivity contribution in [3.05, 3.63) is 31.5 Å². The summed E-state index contributed by atoms with van der Waals surface area (Å²) >= 11 is 2.92. The first-order chi connectivity index (χ1) is 7.79. The summed E-state index contributed by atoms with van der Waals surface area (Å²) in [7, 11) is 0. The molecule has 5 nitrogen and oxygen atoms in total. The number of hydrogen-bond donors (Lipinski definition) is 2. The first-order valence-corrected chi connectivity index (χ1v) is 5.35. The third-order valence-corrected chi connectivity index (χ3v) is 2.39. The van der Waals surface area contributed by atoms with Crippen LogP contribution < -0.4 is 16.6 Å². The lowest BCUT2D eigenvalue weighted by Gasteiger charge is -2.09. The molecule has 0 fully saturated rings. The molecule has 0 spiro atoms. The molecule has 0 amide bonds. The van der Waals surface area contributed by atoms with Crippen molar-refractivity contribution in [1.29, 1.82) is 0 Å². The smallest absolute Gasteiger partial charge is 0.307 e. The molecule has 17 heavy (non-hydrogen) atoms. The number of rotatable bonds is 4. The Bertz CT molecular complexity index is 494. The highest BCUT2D eigenvalue weighted by molar-refractivity contribution is 9.10. The highest BCUT2D eigenvalue weighted by Crippen LogP contribution is 2.11. The molecule has 0 radical (unpaired) electrons. The van der Waals surface area contributed by atoms with Crippen LogP contribution in [0.5, 0.6) is 0 Å². The molecule has 0 aromatic carbocycles. The lowest BCUT2D eigenvalue weighted by molar-refractivity contribution is -0.124. The summed E-state index contributed by atoms with van der Waals surface area (Å²) in [6, 6.07) is 0. The van der Waals surface area contributed by atoms with Crippen molar-refractivity contribution in [3.63, 3.8) is 0 Å². The van der Waals surface area contributed by atoms with Gasteiger partial charge in [-0.05, 0) is 15.9 Å². The van der Waals surface area contributed by atoms with Crippen LogP contribution in [0, 0.1) is 0 Å². The van der Waals surface area contributed by atoms with E-state index in [4.69, 9.17) is 0 Å². The number of aromatic nitrogens is 2. The molecule has 96 valence electrons. The lowest BCUT2D eigenvalue weighted by Crippen LogP contribution is -2.35. The molecule has 0 aliphatic carbocycles. The van der Waals surface area contributed by atoms with Crippen molar-refractivity contribution in [3.8, 4) is 0 Å². The fourth-order valence-corrected chi connectivity index (χ4v) is 1.42. The Morgan fingerprint density at radius 1 is 1.41 bits per heavy atom. The monoisotopic (exact) mass is 315 g/mol. The zero-order valence-corrected chi connectivity index (χ0v) is 10.1. The maximum absolute atomic E-state index is 11.8. The lowest BCUT2D eigenvalue weighted by atomic mass is 10.5. The van der Waals surface area contributed by atoms with E-state index in [0.717, 1.165) is 4.57 Å². The van der Waals surface area contributed by atoms with E-state index in [1.54, 1.807) is 0 Å². The summed E-state index contributed by atoms with van der Waals surface area (Å²) in [6.45, 7) is -1.12. The second kappa shape index (κ2) is 5.50. The minimum Gasteiger partial charge on any atom is -0.307 e. The number of nitrogens with one attached hydrogen (secondary N) is 2. The van der Waals surface area contributed by atoms with Gasteiger partial charge in [-0.3, -0.25) is 14.3 Å². The van der Waals surface area contributed by atoms with Crippen LogP contribution in [0.2, 0.25) is 0 Å². The molecule has 0 saturated heterocycles. The summed E-state index contributed by atoms with van der Waals surface area (Å²) in [5, 5.41) is 2.14.